The van der Waals surface area contributed by atoms with Gasteiger partial charge < -0.3 is 9.67 Å². The van der Waals surface area contributed by atoms with Gasteiger partial charge in [0, 0.05) is 37.2 Å². The Morgan fingerprint density at radius 2 is 1.74 bits per heavy atom. The molecule has 0 fully saturated rings. The van der Waals surface area contributed by atoms with Crippen LogP contribution in [0.1, 0.15) is 11.3 Å². The zero-order valence-corrected chi connectivity index (χ0v) is 13.1. The molecule has 5 heteroatoms. The summed E-state index contributed by atoms with van der Waals surface area (Å²) in [6.07, 6.45) is 0.274. The van der Waals surface area contributed by atoms with Crippen LogP contribution >= 0.6 is 0 Å². The van der Waals surface area contributed by atoms with Gasteiger partial charge in [-0.3, -0.25) is 4.79 Å². The fourth-order valence-electron chi connectivity index (χ4n) is 2.89. The first-order chi connectivity index (χ1) is 11.0. The van der Waals surface area contributed by atoms with Gasteiger partial charge in [-0.25, -0.2) is 9.36 Å². The molecule has 0 saturated carbocycles. The molecule has 0 aliphatic carbocycles. The Labute approximate surface area is 133 Å². The number of rotatable bonds is 3. The van der Waals surface area contributed by atoms with E-state index >= 15 is 0 Å². The number of aromatic nitrogens is 2. The normalized spacial score (nSPS) is 11.1. The lowest BCUT2D eigenvalue weighted by Crippen LogP contribution is -2.39. The standard InChI is InChI=1S/C18H18N2O3/c1-12-5-3-7-15-14(12)6-4-8-16(15)20-17(22)11-13(9-10-21)19(2)18(20)23/h3-8,11,21H,9-10H2,1-2H3. The molecule has 23 heavy (non-hydrogen) atoms. The van der Waals surface area contributed by atoms with Crippen LogP contribution in [0, 0.1) is 6.92 Å². The third-order valence-corrected chi connectivity index (χ3v) is 4.15. The van der Waals surface area contributed by atoms with Crippen LogP contribution in [0.3, 0.4) is 0 Å². The van der Waals surface area contributed by atoms with Crippen LogP contribution < -0.4 is 11.2 Å². The lowest BCUT2D eigenvalue weighted by molar-refractivity contribution is 0.296. The summed E-state index contributed by atoms with van der Waals surface area (Å²) in [5.41, 5.74) is 1.40. The highest BCUT2D eigenvalue weighted by molar-refractivity contribution is 5.92. The molecule has 1 N–H and O–H groups in total. The zero-order valence-electron chi connectivity index (χ0n) is 13.1. The van der Waals surface area contributed by atoms with E-state index in [0.29, 0.717) is 11.4 Å². The monoisotopic (exact) mass is 310 g/mol. The third-order valence-electron chi connectivity index (χ3n) is 4.15. The minimum atomic E-state index is -0.407. The summed E-state index contributed by atoms with van der Waals surface area (Å²) < 4.78 is 2.59. The predicted molar refractivity (Wildman–Crippen MR) is 90.3 cm³/mol. The quantitative estimate of drug-likeness (QED) is 0.798. The first-order valence-corrected chi connectivity index (χ1v) is 7.46. The molecular weight excluding hydrogens is 292 g/mol. The Bertz CT molecular complexity index is 999. The van der Waals surface area contributed by atoms with Crippen molar-refractivity contribution in [2.75, 3.05) is 6.61 Å². The average Bonchev–Trinajstić information content (AvgIpc) is 2.53. The SMILES string of the molecule is Cc1cccc2c(-n3c(=O)cc(CCO)n(C)c3=O)cccc12. The molecule has 0 saturated heterocycles. The fraction of sp³-hybridized carbons (Fsp3) is 0.222. The van der Waals surface area contributed by atoms with Crippen molar-refractivity contribution in [2.24, 2.45) is 7.05 Å². The van der Waals surface area contributed by atoms with Crippen LogP contribution in [0.15, 0.2) is 52.1 Å². The molecule has 0 radical (unpaired) electrons. The number of fused-ring (bicyclic) bond motifs is 1. The van der Waals surface area contributed by atoms with E-state index in [1.165, 1.54) is 15.2 Å². The summed E-state index contributed by atoms with van der Waals surface area (Å²) in [4.78, 5) is 25.1. The second-order valence-corrected chi connectivity index (χ2v) is 5.57. The minimum absolute atomic E-state index is 0.107. The van der Waals surface area contributed by atoms with E-state index in [2.05, 4.69) is 0 Å². The number of nitrogens with zero attached hydrogens (tertiary/aromatic N) is 2. The molecule has 0 bridgehead atoms. The molecule has 0 amide bonds. The largest absolute Gasteiger partial charge is 0.396 e. The van der Waals surface area contributed by atoms with E-state index in [-0.39, 0.29) is 18.6 Å². The number of benzene rings is 2. The van der Waals surface area contributed by atoms with Gasteiger partial charge in [-0.1, -0.05) is 30.3 Å². The summed E-state index contributed by atoms with van der Waals surface area (Å²) in [6, 6.07) is 12.8. The summed E-state index contributed by atoms with van der Waals surface area (Å²) >= 11 is 0. The second-order valence-electron chi connectivity index (χ2n) is 5.57. The van der Waals surface area contributed by atoms with Crippen LogP contribution in [0.5, 0.6) is 0 Å². The molecule has 3 rings (SSSR count). The van der Waals surface area contributed by atoms with Gasteiger partial charge in [0.15, 0.2) is 0 Å². The van der Waals surface area contributed by atoms with Crippen LogP contribution in [-0.4, -0.2) is 20.8 Å². The zero-order chi connectivity index (χ0) is 16.6. The van der Waals surface area contributed by atoms with Gasteiger partial charge in [-0.2, -0.15) is 0 Å². The summed E-state index contributed by atoms with van der Waals surface area (Å²) in [6.45, 7) is 1.89. The van der Waals surface area contributed by atoms with Crippen LogP contribution in [0.2, 0.25) is 0 Å². The van der Waals surface area contributed by atoms with E-state index in [0.717, 1.165) is 16.3 Å². The van der Waals surface area contributed by atoms with Crippen molar-refractivity contribution in [3.8, 4) is 5.69 Å². The van der Waals surface area contributed by atoms with Crippen molar-refractivity contribution in [3.63, 3.8) is 0 Å². The third kappa shape index (κ3) is 2.49. The lowest BCUT2D eigenvalue weighted by Gasteiger charge is -2.13. The molecule has 0 aliphatic heterocycles. The smallest absolute Gasteiger partial charge is 0.335 e. The number of aliphatic hydroxyl groups is 1. The molecule has 5 nitrogen and oxygen atoms in total. The number of aryl methyl sites for hydroxylation is 1. The average molecular weight is 310 g/mol. The van der Waals surface area contributed by atoms with Gasteiger partial charge in [0.05, 0.1) is 5.69 Å². The maximum Gasteiger partial charge on any atom is 0.335 e. The first kappa shape index (κ1) is 15.2. The van der Waals surface area contributed by atoms with Crippen molar-refractivity contribution in [1.82, 2.24) is 9.13 Å². The van der Waals surface area contributed by atoms with Gasteiger partial charge in [0.1, 0.15) is 0 Å². The molecule has 0 unspecified atom stereocenters. The molecule has 0 atom stereocenters. The number of hydrogen-bond donors (Lipinski definition) is 1. The maximum absolute atomic E-state index is 12.7. The Morgan fingerprint density at radius 1 is 1.04 bits per heavy atom. The molecule has 1 heterocycles. The van der Waals surface area contributed by atoms with E-state index in [4.69, 9.17) is 5.11 Å². The van der Waals surface area contributed by atoms with Gasteiger partial charge in [0.25, 0.3) is 5.56 Å². The van der Waals surface area contributed by atoms with Gasteiger partial charge in [-0.15, -0.1) is 0 Å². The van der Waals surface area contributed by atoms with Gasteiger partial charge in [-0.05, 0) is 23.9 Å². The molecule has 2 aromatic carbocycles. The number of aliphatic hydroxyl groups excluding tert-OH is 1. The van der Waals surface area contributed by atoms with Crippen molar-refractivity contribution >= 4 is 10.8 Å². The van der Waals surface area contributed by atoms with Crippen molar-refractivity contribution in [3.05, 3.63) is 74.6 Å². The first-order valence-electron chi connectivity index (χ1n) is 7.46. The Hall–Kier alpha value is -2.66. The Kier molecular flexibility index (Phi) is 3.88. The van der Waals surface area contributed by atoms with E-state index in [1.807, 2.05) is 37.3 Å². The lowest BCUT2D eigenvalue weighted by atomic mass is 10.0. The van der Waals surface area contributed by atoms with E-state index < -0.39 is 5.69 Å². The molecule has 0 spiro atoms. The molecule has 0 aliphatic rings. The van der Waals surface area contributed by atoms with E-state index in [9.17, 15) is 9.59 Å². The molecule has 1 aromatic heterocycles. The Balaban J connectivity index is 2.37. The summed E-state index contributed by atoms with van der Waals surface area (Å²) in [5.74, 6) is 0. The molecule has 118 valence electrons. The summed E-state index contributed by atoms with van der Waals surface area (Å²) in [7, 11) is 1.61. The Morgan fingerprint density at radius 3 is 2.48 bits per heavy atom. The maximum atomic E-state index is 12.7. The molecule has 3 aromatic rings. The highest BCUT2D eigenvalue weighted by atomic mass is 16.3. The topological polar surface area (TPSA) is 64.2 Å². The highest BCUT2D eigenvalue weighted by Gasteiger charge is 2.13. The van der Waals surface area contributed by atoms with Crippen LogP contribution in [0.25, 0.3) is 16.5 Å². The number of hydrogen-bond acceptors (Lipinski definition) is 3. The van der Waals surface area contributed by atoms with E-state index in [1.54, 1.807) is 13.1 Å². The van der Waals surface area contributed by atoms with Crippen LogP contribution in [-0.2, 0) is 13.5 Å². The predicted octanol–water partition coefficient (Wildman–Crippen LogP) is 1.53. The van der Waals surface area contributed by atoms with Gasteiger partial charge in [0.2, 0.25) is 0 Å². The minimum Gasteiger partial charge on any atom is -0.396 e. The molecular formula is C18H18N2O3. The van der Waals surface area contributed by atoms with Crippen molar-refractivity contribution in [1.29, 1.82) is 0 Å². The van der Waals surface area contributed by atoms with Gasteiger partial charge >= 0.3 is 5.69 Å². The highest BCUT2D eigenvalue weighted by Crippen LogP contribution is 2.23. The van der Waals surface area contributed by atoms with Crippen molar-refractivity contribution < 1.29 is 5.11 Å². The fourth-order valence-corrected chi connectivity index (χ4v) is 2.89. The van der Waals surface area contributed by atoms with Crippen LogP contribution in [0.4, 0.5) is 0 Å². The second kappa shape index (κ2) is 5.85. The van der Waals surface area contributed by atoms with Crippen molar-refractivity contribution in [2.45, 2.75) is 13.3 Å². The summed E-state index contributed by atoms with van der Waals surface area (Å²) in [5, 5.41) is 10.9.